The van der Waals surface area contributed by atoms with Gasteiger partial charge in [0.05, 0.1) is 0 Å². The standard InChI is InChI=1S/C10H11N/c1-7-5-9-6-11-4-3-10(9)8(7)2/h3-6,8H,1-2H3. The molecule has 1 nitrogen and oxygen atoms in total. The maximum atomic E-state index is 4.08. The Balaban J connectivity index is 2.58. The summed E-state index contributed by atoms with van der Waals surface area (Å²) in [6.45, 7) is 4.41. The van der Waals surface area contributed by atoms with E-state index in [1.165, 1.54) is 16.7 Å². The molecule has 0 bridgehead atoms. The predicted octanol–water partition coefficient (Wildman–Crippen LogP) is 2.60. The summed E-state index contributed by atoms with van der Waals surface area (Å²) < 4.78 is 0. The van der Waals surface area contributed by atoms with Crippen LogP contribution in [0.2, 0.25) is 0 Å². The van der Waals surface area contributed by atoms with Crippen LogP contribution < -0.4 is 0 Å². The number of fused-ring (bicyclic) bond motifs is 1. The van der Waals surface area contributed by atoms with E-state index in [9.17, 15) is 0 Å². The van der Waals surface area contributed by atoms with Crippen LogP contribution in [0.4, 0.5) is 0 Å². The van der Waals surface area contributed by atoms with Crippen LogP contribution in [0.25, 0.3) is 6.08 Å². The smallest absolute Gasteiger partial charge is 0.0343 e. The zero-order chi connectivity index (χ0) is 7.84. The molecule has 0 saturated carbocycles. The van der Waals surface area contributed by atoms with Gasteiger partial charge in [0.25, 0.3) is 0 Å². The monoisotopic (exact) mass is 145 g/mol. The first-order chi connectivity index (χ1) is 5.29. The first-order valence-corrected chi connectivity index (χ1v) is 3.91. The van der Waals surface area contributed by atoms with E-state index in [1.54, 1.807) is 0 Å². The van der Waals surface area contributed by atoms with Crippen molar-refractivity contribution in [3.63, 3.8) is 0 Å². The average Bonchev–Trinajstić information content (AvgIpc) is 2.30. The Hall–Kier alpha value is -1.11. The van der Waals surface area contributed by atoms with E-state index in [4.69, 9.17) is 0 Å². The number of nitrogens with zero attached hydrogens (tertiary/aromatic N) is 1. The molecule has 56 valence electrons. The molecule has 0 spiro atoms. The van der Waals surface area contributed by atoms with E-state index in [0.29, 0.717) is 5.92 Å². The third-order valence-corrected chi connectivity index (χ3v) is 2.42. The highest BCUT2D eigenvalue weighted by Crippen LogP contribution is 2.34. The summed E-state index contributed by atoms with van der Waals surface area (Å²) in [5.41, 5.74) is 4.14. The summed E-state index contributed by atoms with van der Waals surface area (Å²) in [6.07, 6.45) is 6.01. The van der Waals surface area contributed by atoms with Crippen molar-refractivity contribution in [3.8, 4) is 0 Å². The minimum Gasteiger partial charge on any atom is -0.264 e. The van der Waals surface area contributed by atoms with Crippen molar-refractivity contribution in [2.75, 3.05) is 0 Å². The van der Waals surface area contributed by atoms with Crippen LogP contribution in [0, 0.1) is 0 Å². The van der Waals surface area contributed by atoms with E-state index in [-0.39, 0.29) is 0 Å². The molecule has 0 saturated heterocycles. The largest absolute Gasteiger partial charge is 0.264 e. The molecule has 1 aliphatic carbocycles. The summed E-state index contributed by atoms with van der Waals surface area (Å²) in [5, 5.41) is 0. The summed E-state index contributed by atoms with van der Waals surface area (Å²) in [5.74, 6) is 0.591. The molecule has 1 aromatic heterocycles. The van der Waals surface area contributed by atoms with Crippen molar-refractivity contribution >= 4 is 6.08 Å². The van der Waals surface area contributed by atoms with Crippen LogP contribution in [0.3, 0.4) is 0 Å². The van der Waals surface area contributed by atoms with Crippen LogP contribution in [0.1, 0.15) is 30.9 Å². The number of hydrogen-bond acceptors (Lipinski definition) is 1. The molecular formula is C10H11N. The molecular weight excluding hydrogens is 134 g/mol. The van der Waals surface area contributed by atoms with E-state index < -0.39 is 0 Å². The molecule has 0 radical (unpaired) electrons. The van der Waals surface area contributed by atoms with Gasteiger partial charge in [-0.1, -0.05) is 18.6 Å². The molecule has 0 amide bonds. The van der Waals surface area contributed by atoms with Crippen molar-refractivity contribution < 1.29 is 0 Å². The van der Waals surface area contributed by atoms with Crippen molar-refractivity contribution in [3.05, 3.63) is 35.2 Å². The molecule has 0 aromatic carbocycles. The lowest BCUT2D eigenvalue weighted by atomic mass is 10.0. The van der Waals surface area contributed by atoms with Crippen molar-refractivity contribution in [1.82, 2.24) is 4.98 Å². The second kappa shape index (κ2) is 2.19. The molecule has 1 heteroatoms. The molecule has 1 aromatic rings. The van der Waals surface area contributed by atoms with Crippen LogP contribution in [-0.4, -0.2) is 4.98 Å². The highest BCUT2D eigenvalue weighted by molar-refractivity contribution is 5.64. The average molecular weight is 145 g/mol. The van der Waals surface area contributed by atoms with Gasteiger partial charge in [0.1, 0.15) is 0 Å². The van der Waals surface area contributed by atoms with Gasteiger partial charge in [0.2, 0.25) is 0 Å². The number of allylic oxidation sites excluding steroid dienone is 1. The first kappa shape index (κ1) is 6.59. The van der Waals surface area contributed by atoms with Gasteiger partial charge in [-0.3, -0.25) is 4.98 Å². The Kier molecular flexibility index (Phi) is 1.31. The quantitative estimate of drug-likeness (QED) is 0.546. The SMILES string of the molecule is CC1=Cc2cnccc2C1C. The number of hydrogen-bond donors (Lipinski definition) is 0. The second-order valence-corrected chi connectivity index (χ2v) is 3.11. The Morgan fingerprint density at radius 1 is 1.45 bits per heavy atom. The second-order valence-electron chi connectivity index (χ2n) is 3.11. The Morgan fingerprint density at radius 2 is 2.27 bits per heavy atom. The minimum atomic E-state index is 0.591. The molecule has 2 rings (SSSR count). The predicted molar refractivity (Wildman–Crippen MR) is 46.3 cm³/mol. The van der Waals surface area contributed by atoms with Crippen LogP contribution >= 0.6 is 0 Å². The fourth-order valence-corrected chi connectivity index (χ4v) is 1.55. The Bertz CT molecular complexity index is 312. The van der Waals surface area contributed by atoms with Crippen molar-refractivity contribution in [2.45, 2.75) is 19.8 Å². The van der Waals surface area contributed by atoms with Gasteiger partial charge in [0.15, 0.2) is 0 Å². The lowest BCUT2D eigenvalue weighted by Crippen LogP contribution is -1.89. The van der Waals surface area contributed by atoms with Gasteiger partial charge in [-0.05, 0) is 24.1 Å². The molecule has 1 atom stereocenters. The molecule has 0 aliphatic heterocycles. The summed E-state index contributed by atoms with van der Waals surface area (Å²) >= 11 is 0. The fraction of sp³-hybridized carbons (Fsp3) is 0.300. The zero-order valence-electron chi connectivity index (χ0n) is 6.83. The number of pyridine rings is 1. The third-order valence-electron chi connectivity index (χ3n) is 2.42. The van der Waals surface area contributed by atoms with E-state index in [0.717, 1.165) is 0 Å². The van der Waals surface area contributed by atoms with Crippen molar-refractivity contribution in [1.29, 1.82) is 0 Å². The summed E-state index contributed by atoms with van der Waals surface area (Å²) in [6, 6.07) is 2.10. The van der Waals surface area contributed by atoms with E-state index in [2.05, 4.69) is 31.0 Å². The lowest BCUT2D eigenvalue weighted by molar-refractivity contribution is 0.918. The molecule has 1 heterocycles. The van der Waals surface area contributed by atoms with Crippen LogP contribution in [0.15, 0.2) is 24.0 Å². The molecule has 0 N–H and O–H groups in total. The van der Waals surface area contributed by atoms with Gasteiger partial charge in [0, 0.05) is 18.3 Å². The van der Waals surface area contributed by atoms with E-state index >= 15 is 0 Å². The summed E-state index contributed by atoms with van der Waals surface area (Å²) in [4.78, 5) is 4.08. The molecule has 0 fully saturated rings. The van der Waals surface area contributed by atoms with Gasteiger partial charge in [-0.25, -0.2) is 0 Å². The van der Waals surface area contributed by atoms with Gasteiger partial charge in [-0.2, -0.15) is 0 Å². The molecule has 1 unspecified atom stereocenters. The first-order valence-electron chi connectivity index (χ1n) is 3.91. The van der Waals surface area contributed by atoms with Crippen LogP contribution in [0.5, 0.6) is 0 Å². The fourth-order valence-electron chi connectivity index (χ4n) is 1.55. The lowest BCUT2D eigenvalue weighted by Gasteiger charge is -2.05. The number of aromatic nitrogens is 1. The maximum absolute atomic E-state index is 4.08. The highest BCUT2D eigenvalue weighted by Gasteiger charge is 2.16. The molecule has 11 heavy (non-hydrogen) atoms. The third kappa shape index (κ3) is 0.881. The Labute approximate surface area is 66.8 Å². The van der Waals surface area contributed by atoms with Gasteiger partial charge in [-0.15, -0.1) is 0 Å². The van der Waals surface area contributed by atoms with Crippen LogP contribution in [-0.2, 0) is 0 Å². The zero-order valence-corrected chi connectivity index (χ0v) is 6.83. The van der Waals surface area contributed by atoms with E-state index in [1.807, 2.05) is 12.4 Å². The molecule has 1 aliphatic rings. The van der Waals surface area contributed by atoms with Gasteiger partial charge >= 0.3 is 0 Å². The summed E-state index contributed by atoms with van der Waals surface area (Å²) in [7, 11) is 0. The minimum absolute atomic E-state index is 0.591. The van der Waals surface area contributed by atoms with Crippen molar-refractivity contribution in [2.24, 2.45) is 0 Å². The van der Waals surface area contributed by atoms with Gasteiger partial charge < -0.3 is 0 Å². The normalized spacial score (nSPS) is 21.3. The topological polar surface area (TPSA) is 12.9 Å². The highest BCUT2D eigenvalue weighted by atomic mass is 14.6. The number of rotatable bonds is 0. The maximum Gasteiger partial charge on any atom is 0.0343 e. The Morgan fingerprint density at radius 3 is 3.00 bits per heavy atom.